The molecule has 2 saturated carbocycles. The molecule has 2 fully saturated rings. The Morgan fingerprint density at radius 3 is 3.05 bits per heavy atom. The summed E-state index contributed by atoms with van der Waals surface area (Å²) in [6, 6.07) is 2.18. The number of aromatic nitrogens is 2. The van der Waals surface area contributed by atoms with Gasteiger partial charge in [-0.2, -0.15) is 5.10 Å². The summed E-state index contributed by atoms with van der Waals surface area (Å²) in [7, 11) is 0. The van der Waals surface area contributed by atoms with Crippen molar-refractivity contribution in [2.45, 2.75) is 58.0 Å². The Labute approximate surface area is 131 Å². The summed E-state index contributed by atoms with van der Waals surface area (Å²) in [5.41, 5.74) is 1.86. The van der Waals surface area contributed by atoms with Crippen molar-refractivity contribution in [1.82, 2.24) is 15.1 Å². The van der Waals surface area contributed by atoms with E-state index in [2.05, 4.69) is 21.2 Å². The molecule has 0 spiro atoms. The summed E-state index contributed by atoms with van der Waals surface area (Å²) in [6.45, 7) is 2.30. The van der Waals surface area contributed by atoms with E-state index >= 15 is 0 Å². The van der Waals surface area contributed by atoms with Crippen LogP contribution in [-0.2, 0) is 24.3 Å². The van der Waals surface area contributed by atoms with Gasteiger partial charge in [-0.3, -0.25) is 9.48 Å². The quantitative estimate of drug-likeness (QED) is 0.875. The van der Waals surface area contributed by atoms with E-state index in [0.29, 0.717) is 24.9 Å². The lowest BCUT2D eigenvalue weighted by atomic mass is 9.73. The predicted molar refractivity (Wildman–Crippen MR) is 82.4 cm³/mol. The Morgan fingerprint density at radius 1 is 1.45 bits per heavy atom. The van der Waals surface area contributed by atoms with Gasteiger partial charge in [0.05, 0.1) is 11.1 Å². The SMILES string of the molecule is O=C(O)C1(CNCc2cc3n(n2)CCCC3)CC2CCC1C2. The van der Waals surface area contributed by atoms with Crippen LogP contribution < -0.4 is 5.32 Å². The number of hydrogen-bond acceptors (Lipinski definition) is 3. The van der Waals surface area contributed by atoms with Gasteiger partial charge in [0, 0.05) is 25.3 Å². The third kappa shape index (κ3) is 2.26. The van der Waals surface area contributed by atoms with E-state index in [0.717, 1.165) is 37.9 Å². The zero-order valence-corrected chi connectivity index (χ0v) is 13.1. The van der Waals surface area contributed by atoms with Gasteiger partial charge in [-0.15, -0.1) is 0 Å². The number of fused-ring (bicyclic) bond motifs is 3. The van der Waals surface area contributed by atoms with Crippen molar-refractivity contribution in [3.8, 4) is 0 Å². The van der Waals surface area contributed by atoms with Crippen molar-refractivity contribution < 1.29 is 9.90 Å². The Hall–Kier alpha value is -1.36. The minimum Gasteiger partial charge on any atom is -0.481 e. The molecule has 1 aromatic rings. The van der Waals surface area contributed by atoms with Crippen LogP contribution in [0.25, 0.3) is 0 Å². The number of aryl methyl sites for hydroxylation is 2. The molecule has 0 saturated heterocycles. The van der Waals surface area contributed by atoms with Crippen LogP contribution in [0.15, 0.2) is 6.07 Å². The summed E-state index contributed by atoms with van der Waals surface area (Å²) in [4.78, 5) is 11.9. The van der Waals surface area contributed by atoms with Crippen molar-refractivity contribution in [1.29, 1.82) is 0 Å². The summed E-state index contributed by atoms with van der Waals surface area (Å²) in [5.74, 6) is 0.414. The molecule has 2 bridgehead atoms. The maximum atomic E-state index is 11.9. The maximum Gasteiger partial charge on any atom is 0.311 e. The van der Waals surface area contributed by atoms with E-state index in [9.17, 15) is 9.90 Å². The molecule has 1 aliphatic heterocycles. The fourth-order valence-electron chi connectivity index (χ4n) is 4.98. The molecule has 2 N–H and O–H groups in total. The molecule has 22 heavy (non-hydrogen) atoms. The zero-order valence-electron chi connectivity index (χ0n) is 13.1. The second-order valence-corrected chi connectivity index (χ2v) is 7.45. The van der Waals surface area contributed by atoms with E-state index in [-0.39, 0.29) is 0 Å². The van der Waals surface area contributed by atoms with Crippen molar-refractivity contribution in [2.75, 3.05) is 6.54 Å². The first-order chi connectivity index (χ1) is 10.7. The first kappa shape index (κ1) is 14.2. The third-order valence-electron chi connectivity index (χ3n) is 6.11. The van der Waals surface area contributed by atoms with Crippen molar-refractivity contribution in [2.24, 2.45) is 17.3 Å². The molecule has 2 heterocycles. The monoisotopic (exact) mass is 303 g/mol. The first-order valence-corrected chi connectivity index (χ1v) is 8.67. The molecule has 3 aliphatic rings. The van der Waals surface area contributed by atoms with E-state index in [1.165, 1.54) is 25.0 Å². The molecule has 2 aliphatic carbocycles. The van der Waals surface area contributed by atoms with Gasteiger partial charge in [0.15, 0.2) is 0 Å². The van der Waals surface area contributed by atoms with Gasteiger partial charge in [-0.05, 0) is 56.4 Å². The Bertz CT molecular complexity index is 559. The van der Waals surface area contributed by atoms with Crippen LogP contribution in [0.2, 0.25) is 0 Å². The van der Waals surface area contributed by atoms with Crippen molar-refractivity contribution in [3.05, 3.63) is 17.5 Å². The zero-order chi connectivity index (χ0) is 15.2. The molecular weight excluding hydrogens is 278 g/mol. The average molecular weight is 303 g/mol. The molecule has 1 aromatic heterocycles. The van der Waals surface area contributed by atoms with Gasteiger partial charge in [0.1, 0.15) is 0 Å². The van der Waals surface area contributed by atoms with Crippen LogP contribution in [0.1, 0.15) is 49.9 Å². The molecule has 0 aromatic carbocycles. The van der Waals surface area contributed by atoms with Crippen LogP contribution in [0.5, 0.6) is 0 Å². The second-order valence-electron chi connectivity index (χ2n) is 7.45. The minimum atomic E-state index is -0.601. The summed E-state index contributed by atoms with van der Waals surface area (Å²) in [6.07, 6.45) is 7.89. The van der Waals surface area contributed by atoms with E-state index in [1.54, 1.807) is 0 Å². The number of carboxylic acids is 1. The van der Waals surface area contributed by atoms with E-state index in [1.807, 2.05) is 0 Å². The fourth-order valence-corrected chi connectivity index (χ4v) is 4.98. The van der Waals surface area contributed by atoms with E-state index in [4.69, 9.17) is 0 Å². The topological polar surface area (TPSA) is 67.2 Å². The Morgan fingerprint density at radius 2 is 2.36 bits per heavy atom. The van der Waals surface area contributed by atoms with Gasteiger partial charge in [-0.25, -0.2) is 0 Å². The van der Waals surface area contributed by atoms with Crippen LogP contribution in [-0.4, -0.2) is 27.4 Å². The predicted octanol–water partition coefficient (Wildman–Crippen LogP) is 2.20. The highest BCUT2D eigenvalue weighted by Crippen LogP contribution is 2.55. The van der Waals surface area contributed by atoms with Gasteiger partial charge in [0.25, 0.3) is 0 Å². The smallest absolute Gasteiger partial charge is 0.311 e. The number of nitrogens with zero attached hydrogens (tertiary/aromatic N) is 2. The average Bonchev–Trinajstić information content (AvgIpc) is 3.20. The molecule has 4 rings (SSSR count). The highest BCUT2D eigenvalue weighted by Gasteiger charge is 2.55. The molecule has 5 heteroatoms. The number of carboxylic acid groups (broad SMARTS) is 1. The third-order valence-corrected chi connectivity index (χ3v) is 6.11. The lowest BCUT2D eigenvalue weighted by molar-refractivity contribution is -0.152. The Kier molecular flexibility index (Phi) is 3.48. The van der Waals surface area contributed by atoms with Crippen LogP contribution in [0.3, 0.4) is 0 Å². The largest absolute Gasteiger partial charge is 0.481 e. The Balaban J connectivity index is 1.39. The van der Waals surface area contributed by atoms with Gasteiger partial charge >= 0.3 is 5.97 Å². The number of rotatable bonds is 5. The minimum absolute atomic E-state index is 0.373. The summed E-state index contributed by atoms with van der Waals surface area (Å²) < 4.78 is 2.12. The van der Waals surface area contributed by atoms with Gasteiger partial charge < -0.3 is 10.4 Å². The molecule has 120 valence electrons. The summed E-state index contributed by atoms with van der Waals surface area (Å²) in [5, 5.41) is 17.8. The van der Waals surface area contributed by atoms with Crippen molar-refractivity contribution in [3.63, 3.8) is 0 Å². The van der Waals surface area contributed by atoms with Crippen LogP contribution >= 0.6 is 0 Å². The molecule has 5 nitrogen and oxygen atoms in total. The molecule has 3 atom stereocenters. The standard InChI is InChI=1S/C17H25N3O2/c21-16(22)17(9-12-4-5-13(17)7-12)11-18-10-14-8-15-3-1-2-6-20(15)19-14/h8,12-13,18H,1-7,9-11H2,(H,21,22). The normalized spacial score (nSPS) is 33.1. The maximum absolute atomic E-state index is 11.9. The number of carbonyl (C=O) groups is 1. The van der Waals surface area contributed by atoms with E-state index < -0.39 is 11.4 Å². The molecule has 3 unspecified atom stereocenters. The number of aliphatic carboxylic acids is 1. The molecule has 0 radical (unpaired) electrons. The highest BCUT2D eigenvalue weighted by molar-refractivity contribution is 5.76. The fraction of sp³-hybridized carbons (Fsp3) is 0.765. The van der Waals surface area contributed by atoms with Gasteiger partial charge in [0.2, 0.25) is 0 Å². The van der Waals surface area contributed by atoms with Crippen LogP contribution in [0, 0.1) is 17.3 Å². The van der Waals surface area contributed by atoms with Crippen LogP contribution in [0.4, 0.5) is 0 Å². The van der Waals surface area contributed by atoms with Crippen molar-refractivity contribution >= 4 is 5.97 Å². The highest BCUT2D eigenvalue weighted by atomic mass is 16.4. The number of nitrogens with one attached hydrogen (secondary N) is 1. The molecular formula is C17H25N3O2. The second kappa shape index (κ2) is 5.37. The van der Waals surface area contributed by atoms with Gasteiger partial charge in [-0.1, -0.05) is 6.42 Å². The lowest BCUT2D eigenvalue weighted by Gasteiger charge is -2.33. The number of hydrogen-bond donors (Lipinski definition) is 2. The first-order valence-electron chi connectivity index (χ1n) is 8.67. The molecule has 0 amide bonds. The lowest BCUT2D eigenvalue weighted by Crippen LogP contribution is -2.44. The summed E-state index contributed by atoms with van der Waals surface area (Å²) >= 11 is 0.